The minimum atomic E-state index is 0.645. The first-order chi connectivity index (χ1) is 6.48. The summed E-state index contributed by atoms with van der Waals surface area (Å²) in [7, 11) is 0. The lowest BCUT2D eigenvalue weighted by molar-refractivity contribution is -0.276. The normalized spacial score (nSPS) is 51.0. The molecule has 2 aliphatic carbocycles. The molecule has 0 nitrogen and oxygen atoms in total. The molecular weight excluding hydrogens is 168 g/mol. The zero-order valence-corrected chi connectivity index (χ0v) is 10.6. The van der Waals surface area contributed by atoms with Gasteiger partial charge < -0.3 is 0 Å². The molecule has 14 heavy (non-hydrogen) atoms. The lowest BCUT2D eigenvalue weighted by atomic mass is 9.29. The van der Waals surface area contributed by atoms with Crippen molar-refractivity contribution in [2.24, 2.45) is 28.6 Å². The van der Waals surface area contributed by atoms with Gasteiger partial charge in [0.15, 0.2) is 0 Å². The van der Waals surface area contributed by atoms with E-state index in [0.29, 0.717) is 10.8 Å². The molecule has 2 rings (SSSR count). The maximum Gasteiger partial charge on any atom is -0.0215 e. The van der Waals surface area contributed by atoms with Crippen LogP contribution in [0.1, 0.15) is 60.3 Å². The Morgan fingerprint density at radius 3 is 2.29 bits per heavy atom. The highest BCUT2D eigenvalue weighted by Gasteiger charge is 2.70. The molecule has 0 radical (unpaired) electrons. The van der Waals surface area contributed by atoms with Gasteiger partial charge >= 0.3 is 0 Å². The van der Waals surface area contributed by atoms with Gasteiger partial charge in [-0.05, 0) is 47.8 Å². The van der Waals surface area contributed by atoms with Gasteiger partial charge in [-0.15, -0.1) is 0 Å². The van der Waals surface area contributed by atoms with E-state index in [4.69, 9.17) is 0 Å². The predicted molar refractivity (Wildman–Crippen MR) is 62.2 cm³/mol. The van der Waals surface area contributed by atoms with Crippen LogP contribution in [-0.2, 0) is 0 Å². The van der Waals surface area contributed by atoms with Crippen LogP contribution in [0.2, 0.25) is 0 Å². The van der Waals surface area contributed by atoms with Crippen molar-refractivity contribution in [2.75, 3.05) is 0 Å². The molecule has 4 unspecified atom stereocenters. The highest BCUT2D eigenvalue weighted by Crippen LogP contribution is 2.77. The molecule has 0 aliphatic heterocycles. The first kappa shape index (κ1) is 10.5. The molecule has 0 heteroatoms. The largest absolute Gasteiger partial charge is 0.0654 e. The van der Waals surface area contributed by atoms with E-state index >= 15 is 0 Å². The Balaban J connectivity index is 2.19. The van der Waals surface area contributed by atoms with Crippen LogP contribution < -0.4 is 0 Å². The number of hydrogen-bond donors (Lipinski definition) is 0. The second-order valence-electron chi connectivity index (χ2n) is 6.40. The second-order valence-corrected chi connectivity index (χ2v) is 6.40. The van der Waals surface area contributed by atoms with Gasteiger partial charge in [0.05, 0.1) is 0 Å². The smallest absolute Gasteiger partial charge is 0.0215 e. The minimum Gasteiger partial charge on any atom is -0.0654 e. The molecule has 0 N–H and O–H groups in total. The van der Waals surface area contributed by atoms with E-state index in [1.54, 1.807) is 0 Å². The summed E-state index contributed by atoms with van der Waals surface area (Å²) in [5, 5.41) is 0. The topological polar surface area (TPSA) is 0 Å². The molecule has 0 aromatic carbocycles. The minimum absolute atomic E-state index is 0.645. The fourth-order valence-electron chi connectivity index (χ4n) is 4.70. The summed E-state index contributed by atoms with van der Waals surface area (Å²) in [4.78, 5) is 0. The summed E-state index contributed by atoms with van der Waals surface area (Å²) in [5.41, 5.74) is 1.35. The molecule has 2 aliphatic rings. The summed E-state index contributed by atoms with van der Waals surface area (Å²) >= 11 is 0. The van der Waals surface area contributed by atoms with E-state index in [2.05, 4.69) is 34.6 Å². The summed E-state index contributed by atoms with van der Waals surface area (Å²) < 4.78 is 0. The molecule has 0 aromatic heterocycles. The molecule has 0 aromatic rings. The van der Waals surface area contributed by atoms with Crippen LogP contribution in [-0.4, -0.2) is 0 Å². The molecule has 2 saturated carbocycles. The maximum atomic E-state index is 2.56. The van der Waals surface area contributed by atoms with E-state index in [1.807, 2.05) is 0 Å². The third kappa shape index (κ3) is 0.907. The zero-order chi connectivity index (χ0) is 10.6. The molecule has 2 fully saturated rings. The van der Waals surface area contributed by atoms with Crippen molar-refractivity contribution in [1.29, 1.82) is 0 Å². The summed E-state index contributed by atoms with van der Waals surface area (Å²) in [5.74, 6) is 2.97. The molecule has 82 valence electrons. The van der Waals surface area contributed by atoms with Crippen molar-refractivity contribution in [3.05, 3.63) is 0 Å². The summed E-state index contributed by atoms with van der Waals surface area (Å²) in [6.45, 7) is 12.3. The van der Waals surface area contributed by atoms with Crippen molar-refractivity contribution < 1.29 is 0 Å². The highest BCUT2D eigenvalue weighted by atomic mass is 14.7. The molecule has 0 heterocycles. The Morgan fingerprint density at radius 1 is 1.29 bits per heavy atom. The van der Waals surface area contributed by atoms with E-state index in [9.17, 15) is 0 Å². The Labute approximate surface area is 89.5 Å². The van der Waals surface area contributed by atoms with Crippen molar-refractivity contribution in [3.63, 3.8) is 0 Å². The van der Waals surface area contributed by atoms with Gasteiger partial charge in [-0.1, -0.05) is 41.0 Å². The Hall–Kier alpha value is 0. The average Bonchev–Trinajstić information content (AvgIpc) is 2.12. The Kier molecular flexibility index (Phi) is 2.25. The third-order valence-corrected chi connectivity index (χ3v) is 6.08. The van der Waals surface area contributed by atoms with E-state index in [0.717, 1.165) is 17.8 Å². The predicted octanol–water partition coefficient (Wildman–Crippen LogP) is 4.49. The molecule has 0 spiro atoms. The standard InChI is InChI=1S/C14H26/c1-6-7-12-11-8-9-13(11,4)14(12,5)10(2)3/h10-12H,6-9H2,1-5H3. The Bertz CT molecular complexity index is 230. The maximum absolute atomic E-state index is 2.56. The van der Waals surface area contributed by atoms with Gasteiger partial charge in [0.1, 0.15) is 0 Å². The highest BCUT2D eigenvalue weighted by molar-refractivity contribution is 5.18. The first-order valence-corrected chi connectivity index (χ1v) is 6.48. The summed E-state index contributed by atoms with van der Waals surface area (Å²) in [6, 6.07) is 0. The van der Waals surface area contributed by atoms with Gasteiger partial charge in [-0.25, -0.2) is 0 Å². The van der Waals surface area contributed by atoms with Gasteiger partial charge in [0.25, 0.3) is 0 Å². The molecular formula is C14H26. The fraction of sp³-hybridized carbons (Fsp3) is 1.00. The SMILES string of the molecule is CCCC1C2CCC2(C)C1(C)C(C)C. The van der Waals surface area contributed by atoms with Crippen LogP contribution in [0.25, 0.3) is 0 Å². The van der Waals surface area contributed by atoms with Crippen LogP contribution in [0.15, 0.2) is 0 Å². The molecule has 0 bridgehead atoms. The number of fused-ring (bicyclic) bond motifs is 1. The van der Waals surface area contributed by atoms with Gasteiger partial charge in [-0.3, -0.25) is 0 Å². The van der Waals surface area contributed by atoms with Crippen LogP contribution in [0.4, 0.5) is 0 Å². The van der Waals surface area contributed by atoms with Crippen molar-refractivity contribution in [2.45, 2.75) is 60.3 Å². The van der Waals surface area contributed by atoms with Crippen LogP contribution in [0.3, 0.4) is 0 Å². The number of hydrogen-bond acceptors (Lipinski definition) is 0. The van der Waals surface area contributed by atoms with Crippen LogP contribution in [0.5, 0.6) is 0 Å². The van der Waals surface area contributed by atoms with E-state index in [1.165, 1.54) is 25.7 Å². The second kappa shape index (κ2) is 3.00. The lowest BCUT2D eigenvalue weighted by Crippen LogP contribution is -2.69. The van der Waals surface area contributed by atoms with Crippen molar-refractivity contribution in [1.82, 2.24) is 0 Å². The van der Waals surface area contributed by atoms with Crippen LogP contribution >= 0.6 is 0 Å². The van der Waals surface area contributed by atoms with E-state index < -0.39 is 0 Å². The third-order valence-electron chi connectivity index (χ3n) is 6.08. The molecule has 4 atom stereocenters. The van der Waals surface area contributed by atoms with Crippen molar-refractivity contribution in [3.8, 4) is 0 Å². The first-order valence-electron chi connectivity index (χ1n) is 6.48. The molecule has 0 amide bonds. The zero-order valence-electron chi connectivity index (χ0n) is 10.6. The average molecular weight is 194 g/mol. The molecule has 0 saturated heterocycles. The summed E-state index contributed by atoms with van der Waals surface area (Å²) in [6.07, 6.45) is 5.85. The van der Waals surface area contributed by atoms with Gasteiger partial charge in [0.2, 0.25) is 0 Å². The lowest BCUT2D eigenvalue weighted by Gasteiger charge is -2.76. The monoisotopic (exact) mass is 194 g/mol. The van der Waals surface area contributed by atoms with Gasteiger partial charge in [-0.2, -0.15) is 0 Å². The Morgan fingerprint density at radius 2 is 1.93 bits per heavy atom. The van der Waals surface area contributed by atoms with E-state index in [-0.39, 0.29) is 0 Å². The fourth-order valence-corrected chi connectivity index (χ4v) is 4.70. The van der Waals surface area contributed by atoms with Gasteiger partial charge in [0, 0.05) is 0 Å². The number of rotatable bonds is 3. The quantitative estimate of drug-likeness (QED) is 0.621. The van der Waals surface area contributed by atoms with Crippen LogP contribution in [0, 0.1) is 28.6 Å². The van der Waals surface area contributed by atoms with Crippen molar-refractivity contribution >= 4 is 0 Å².